The molecule has 0 N–H and O–H groups in total. The summed E-state index contributed by atoms with van der Waals surface area (Å²) in [5.41, 5.74) is -0.0206. The second-order valence-electron chi connectivity index (χ2n) is 3.81. The molecule has 0 saturated carbocycles. The number of carbonyl (C=O) groups is 1. The van der Waals surface area contributed by atoms with Gasteiger partial charge in [0.2, 0.25) is 0 Å². The molecule has 0 spiro atoms. The molecular formula is C14H9F3O2. The van der Waals surface area contributed by atoms with Crippen molar-refractivity contribution in [3.63, 3.8) is 0 Å². The zero-order chi connectivity index (χ0) is 14.0. The molecule has 0 radical (unpaired) electrons. The van der Waals surface area contributed by atoms with Crippen LogP contribution in [0.2, 0.25) is 0 Å². The molecule has 19 heavy (non-hydrogen) atoms. The fourth-order valence-corrected chi connectivity index (χ4v) is 1.60. The van der Waals surface area contributed by atoms with Gasteiger partial charge in [-0.15, -0.1) is 0 Å². The molecule has 2 aromatic rings. The van der Waals surface area contributed by atoms with Gasteiger partial charge in [0.25, 0.3) is 0 Å². The van der Waals surface area contributed by atoms with Crippen LogP contribution in [0.4, 0.5) is 13.2 Å². The molecule has 2 aromatic carbocycles. The van der Waals surface area contributed by atoms with Crippen molar-refractivity contribution in [1.82, 2.24) is 0 Å². The first kappa shape index (κ1) is 13.1. The van der Waals surface area contributed by atoms with Crippen LogP contribution >= 0.6 is 0 Å². The molecule has 0 amide bonds. The van der Waals surface area contributed by atoms with E-state index < -0.39 is 23.2 Å². The Morgan fingerprint density at radius 2 is 1.47 bits per heavy atom. The minimum Gasteiger partial charge on any atom is -0.497 e. The molecule has 98 valence electrons. The Hall–Kier alpha value is -2.30. The van der Waals surface area contributed by atoms with Crippen molar-refractivity contribution in [3.05, 3.63) is 65.0 Å². The molecule has 0 unspecified atom stereocenters. The third-order valence-electron chi connectivity index (χ3n) is 2.60. The quantitative estimate of drug-likeness (QED) is 0.629. The van der Waals surface area contributed by atoms with Crippen molar-refractivity contribution >= 4 is 5.78 Å². The Labute approximate surface area is 107 Å². The van der Waals surface area contributed by atoms with Gasteiger partial charge in [-0.1, -0.05) is 0 Å². The van der Waals surface area contributed by atoms with E-state index in [2.05, 4.69) is 0 Å². The summed E-state index contributed by atoms with van der Waals surface area (Å²) in [7, 11) is 1.47. The van der Waals surface area contributed by atoms with Crippen LogP contribution in [0, 0.1) is 17.5 Å². The number of halogens is 3. The first-order chi connectivity index (χ1) is 9.02. The fourth-order valence-electron chi connectivity index (χ4n) is 1.60. The molecule has 0 fully saturated rings. The topological polar surface area (TPSA) is 26.3 Å². The summed E-state index contributed by atoms with van der Waals surface area (Å²) < 4.78 is 43.8. The van der Waals surface area contributed by atoms with E-state index in [1.807, 2.05) is 0 Å². The summed E-state index contributed by atoms with van der Waals surface area (Å²) in [5, 5.41) is 0. The van der Waals surface area contributed by atoms with Gasteiger partial charge in [-0.2, -0.15) is 0 Å². The Balaban J connectivity index is 2.38. The second kappa shape index (κ2) is 5.14. The fraction of sp³-hybridized carbons (Fsp3) is 0.0714. The van der Waals surface area contributed by atoms with Gasteiger partial charge >= 0.3 is 0 Å². The molecule has 0 aliphatic carbocycles. The summed E-state index contributed by atoms with van der Waals surface area (Å²) in [5.74, 6) is -4.42. The highest BCUT2D eigenvalue weighted by molar-refractivity contribution is 6.09. The van der Waals surface area contributed by atoms with E-state index in [0.717, 1.165) is 0 Å². The van der Waals surface area contributed by atoms with E-state index in [1.54, 1.807) is 12.1 Å². The molecule has 0 heterocycles. The van der Waals surface area contributed by atoms with Crippen LogP contribution in [0.15, 0.2) is 36.4 Å². The van der Waals surface area contributed by atoms with Gasteiger partial charge in [-0.3, -0.25) is 4.79 Å². The highest BCUT2D eigenvalue weighted by Gasteiger charge is 2.16. The molecule has 2 rings (SSSR count). The largest absolute Gasteiger partial charge is 0.497 e. The van der Waals surface area contributed by atoms with E-state index in [9.17, 15) is 18.0 Å². The Kier molecular flexibility index (Phi) is 3.55. The van der Waals surface area contributed by atoms with Gasteiger partial charge in [0.1, 0.15) is 5.75 Å². The van der Waals surface area contributed by atoms with Gasteiger partial charge in [0, 0.05) is 11.1 Å². The number of carbonyl (C=O) groups excluding carboxylic acids is 1. The predicted molar refractivity (Wildman–Crippen MR) is 62.7 cm³/mol. The number of methoxy groups -OCH3 is 1. The van der Waals surface area contributed by atoms with Gasteiger partial charge in [-0.05, 0) is 36.4 Å². The van der Waals surface area contributed by atoms with E-state index in [1.165, 1.54) is 19.2 Å². The van der Waals surface area contributed by atoms with Crippen LogP contribution in [0.1, 0.15) is 15.9 Å². The molecule has 0 aliphatic rings. The average molecular weight is 266 g/mol. The van der Waals surface area contributed by atoms with Crippen molar-refractivity contribution in [2.45, 2.75) is 0 Å². The van der Waals surface area contributed by atoms with Crippen molar-refractivity contribution < 1.29 is 22.7 Å². The standard InChI is InChI=1S/C14H9F3O2/c1-19-10-4-2-8(3-5-10)14(18)9-6-11(15)13(17)12(16)7-9/h2-7H,1H3. The summed E-state index contributed by atoms with van der Waals surface area (Å²) in [6, 6.07) is 7.35. The summed E-state index contributed by atoms with van der Waals surface area (Å²) in [6.07, 6.45) is 0. The molecule has 0 aromatic heterocycles. The first-order valence-electron chi connectivity index (χ1n) is 5.36. The maximum absolute atomic E-state index is 13.0. The second-order valence-corrected chi connectivity index (χ2v) is 3.81. The van der Waals surface area contributed by atoms with Crippen LogP contribution in [0.25, 0.3) is 0 Å². The van der Waals surface area contributed by atoms with Crippen LogP contribution in [0.5, 0.6) is 5.75 Å². The highest BCUT2D eigenvalue weighted by Crippen LogP contribution is 2.18. The highest BCUT2D eigenvalue weighted by atomic mass is 19.2. The maximum Gasteiger partial charge on any atom is 0.194 e. The summed E-state index contributed by atoms with van der Waals surface area (Å²) in [6.45, 7) is 0. The number of benzene rings is 2. The van der Waals surface area contributed by atoms with Crippen LogP contribution < -0.4 is 4.74 Å². The predicted octanol–water partition coefficient (Wildman–Crippen LogP) is 3.34. The number of hydrogen-bond donors (Lipinski definition) is 0. The average Bonchev–Trinajstić information content (AvgIpc) is 2.43. The Morgan fingerprint density at radius 3 is 1.95 bits per heavy atom. The molecule has 0 bridgehead atoms. The first-order valence-corrected chi connectivity index (χ1v) is 5.36. The van der Waals surface area contributed by atoms with E-state index in [4.69, 9.17) is 4.74 Å². The Morgan fingerprint density at radius 1 is 0.947 bits per heavy atom. The summed E-state index contributed by atoms with van der Waals surface area (Å²) in [4.78, 5) is 12.0. The number of ether oxygens (including phenoxy) is 1. The Bertz CT molecular complexity index is 598. The molecule has 5 heteroatoms. The van der Waals surface area contributed by atoms with Crippen molar-refractivity contribution in [2.75, 3.05) is 7.11 Å². The number of rotatable bonds is 3. The van der Waals surface area contributed by atoms with E-state index in [0.29, 0.717) is 17.9 Å². The van der Waals surface area contributed by atoms with Gasteiger partial charge < -0.3 is 4.74 Å². The number of hydrogen-bond acceptors (Lipinski definition) is 2. The lowest BCUT2D eigenvalue weighted by atomic mass is 10.0. The van der Waals surface area contributed by atoms with Crippen molar-refractivity contribution in [1.29, 1.82) is 0 Å². The lowest BCUT2D eigenvalue weighted by Crippen LogP contribution is -2.04. The zero-order valence-corrected chi connectivity index (χ0v) is 9.91. The lowest BCUT2D eigenvalue weighted by molar-refractivity contribution is 0.103. The van der Waals surface area contributed by atoms with Crippen LogP contribution in [0.3, 0.4) is 0 Å². The third-order valence-corrected chi connectivity index (χ3v) is 2.60. The van der Waals surface area contributed by atoms with Gasteiger partial charge in [0.15, 0.2) is 23.2 Å². The van der Waals surface area contributed by atoms with Gasteiger partial charge in [0.05, 0.1) is 7.11 Å². The van der Waals surface area contributed by atoms with E-state index >= 15 is 0 Å². The maximum atomic E-state index is 13.0. The van der Waals surface area contributed by atoms with Crippen LogP contribution in [-0.2, 0) is 0 Å². The third kappa shape index (κ3) is 2.59. The summed E-state index contributed by atoms with van der Waals surface area (Å²) >= 11 is 0. The van der Waals surface area contributed by atoms with Crippen molar-refractivity contribution in [2.24, 2.45) is 0 Å². The minimum absolute atomic E-state index is 0.228. The zero-order valence-electron chi connectivity index (χ0n) is 9.91. The molecular weight excluding hydrogens is 257 g/mol. The number of ketones is 1. The van der Waals surface area contributed by atoms with Crippen LogP contribution in [-0.4, -0.2) is 12.9 Å². The molecule has 0 saturated heterocycles. The monoisotopic (exact) mass is 266 g/mol. The smallest absolute Gasteiger partial charge is 0.194 e. The van der Waals surface area contributed by atoms with E-state index in [-0.39, 0.29) is 11.1 Å². The minimum atomic E-state index is -1.59. The molecule has 0 atom stereocenters. The van der Waals surface area contributed by atoms with Crippen molar-refractivity contribution in [3.8, 4) is 5.75 Å². The lowest BCUT2D eigenvalue weighted by Gasteiger charge is -2.04. The van der Waals surface area contributed by atoms with Gasteiger partial charge in [-0.25, -0.2) is 13.2 Å². The normalized spacial score (nSPS) is 10.3. The molecule has 2 nitrogen and oxygen atoms in total. The molecule has 0 aliphatic heterocycles. The SMILES string of the molecule is COc1ccc(C(=O)c2cc(F)c(F)c(F)c2)cc1.